The largest absolute Gasteiger partial charge is 0.480 e. The Hall–Kier alpha value is -1.01. The molecular weight excluding hydrogens is 502 g/mol. The Kier molecular flexibility index (Phi) is 13.0. The molecule has 9 nitrogen and oxygen atoms in total. The van der Waals surface area contributed by atoms with Crippen LogP contribution in [0.25, 0.3) is 0 Å². The molecule has 6 N–H and O–H groups in total. The fraction of sp³-hybridized carbons (Fsp3) is 0.880. The summed E-state index contributed by atoms with van der Waals surface area (Å²) in [5, 5.41) is 25.5. The van der Waals surface area contributed by atoms with Crippen molar-refractivity contribution < 1.29 is 29.3 Å². The lowest BCUT2D eigenvalue weighted by Gasteiger charge is -2.37. The van der Waals surface area contributed by atoms with E-state index in [-0.39, 0.29) is 27.7 Å². The maximum atomic E-state index is 12.9. The van der Waals surface area contributed by atoms with Crippen LogP contribution in [0.5, 0.6) is 0 Å². The third kappa shape index (κ3) is 12.0. The minimum Gasteiger partial charge on any atom is -0.480 e. The second-order valence-corrected chi connectivity index (χ2v) is 14.1. The Balaban J connectivity index is 2.55. The molecular formula is C25H47N3O6S2. The lowest BCUT2D eigenvalue weighted by molar-refractivity contribution is -0.143. The Bertz CT molecular complexity index is 742. The van der Waals surface area contributed by atoms with Gasteiger partial charge in [0.1, 0.15) is 17.8 Å². The van der Waals surface area contributed by atoms with Crippen molar-refractivity contribution in [1.29, 1.82) is 0 Å². The molecule has 5 atom stereocenters. The van der Waals surface area contributed by atoms with E-state index in [1.54, 1.807) is 25.6 Å². The predicted molar refractivity (Wildman–Crippen MR) is 147 cm³/mol. The molecule has 0 aliphatic heterocycles. The van der Waals surface area contributed by atoms with Crippen LogP contribution in [0.3, 0.4) is 0 Å². The second-order valence-electron chi connectivity index (χ2n) is 11.5. The van der Waals surface area contributed by atoms with Crippen LogP contribution in [-0.2, 0) is 19.1 Å². The highest BCUT2D eigenvalue weighted by molar-refractivity contribution is 8.04. The molecule has 0 spiro atoms. The summed E-state index contributed by atoms with van der Waals surface area (Å²) in [5.74, 6) is -1.56. The zero-order valence-corrected chi connectivity index (χ0v) is 24.5. The molecule has 0 saturated heterocycles. The summed E-state index contributed by atoms with van der Waals surface area (Å²) in [7, 11) is 0. The van der Waals surface area contributed by atoms with Crippen molar-refractivity contribution in [3.05, 3.63) is 0 Å². The summed E-state index contributed by atoms with van der Waals surface area (Å²) in [6, 6.07) is -1.64. The number of carboxylic acid groups (broad SMARTS) is 2. The first kappa shape index (κ1) is 33.0. The summed E-state index contributed by atoms with van der Waals surface area (Å²) >= 11 is 3.15. The monoisotopic (exact) mass is 549 g/mol. The van der Waals surface area contributed by atoms with Gasteiger partial charge in [-0.15, -0.1) is 0 Å². The number of ether oxygens (including phenoxy) is 1. The predicted octanol–water partition coefficient (Wildman–Crippen LogP) is 3.30. The van der Waals surface area contributed by atoms with Crippen LogP contribution in [0, 0.1) is 5.41 Å². The van der Waals surface area contributed by atoms with E-state index in [9.17, 15) is 24.6 Å². The molecule has 0 bridgehead atoms. The second kappa shape index (κ2) is 14.2. The van der Waals surface area contributed by atoms with Crippen molar-refractivity contribution in [1.82, 2.24) is 10.6 Å². The Morgan fingerprint density at radius 1 is 0.944 bits per heavy atom. The summed E-state index contributed by atoms with van der Waals surface area (Å²) in [6.07, 6.45) is 3.94. The first-order valence-electron chi connectivity index (χ1n) is 12.7. The van der Waals surface area contributed by atoms with Gasteiger partial charge >= 0.3 is 11.9 Å². The topological polar surface area (TPSA) is 151 Å². The van der Waals surface area contributed by atoms with Crippen LogP contribution in [0.1, 0.15) is 80.6 Å². The number of hydrogen-bond acceptors (Lipinski definition) is 8. The van der Waals surface area contributed by atoms with Crippen molar-refractivity contribution in [2.45, 2.75) is 114 Å². The maximum Gasteiger partial charge on any atom is 0.327 e. The van der Waals surface area contributed by atoms with E-state index in [4.69, 9.17) is 10.5 Å². The number of thioether (sulfide) groups is 2. The van der Waals surface area contributed by atoms with E-state index in [2.05, 4.69) is 10.6 Å². The molecule has 36 heavy (non-hydrogen) atoms. The number of carbonyl (C=O) groups is 3. The standard InChI is InChI=1S/C25H47N3O6S2/c1-8-11-25(7,26)34-13-12-24(5,6)22(33)27-16(20(29)30)14-35-18-9-10-19(18)36-15-17(21(31)32)28-23(2,3)4/h16-19,28H,8-15,26H2,1-7H3,(H,27,33)(H,29,30)(H,31,32). The van der Waals surface area contributed by atoms with Gasteiger partial charge in [-0.25, -0.2) is 4.79 Å². The minimum absolute atomic E-state index is 0.236. The normalized spacial score (nSPS) is 21.7. The van der Waals surface area contributed by atoms with E-state index in [1.165, 1.54) is 11.8 Å². The molecule has 1 aliphatic rings. The van der Waals surface area contributed by atoms with Crippen molar-refractivity contribution >= 4 is 41.4 Å². The summed E-state index contributed by atoms with van der Waals surface area (Å²) < 4.78 is 5.74. The fourth-order valence-corrected chi connectivity index (χ4v) is 6.82. The quantitative estimate of drug-likeness (QED) is 0.171. The molecule has 1 fully saturated rings. The molecule has 0 aromatic heterocycles. The van der Waals surface area contributed by atoms with Crippen molar-refractivity contribution in [3.63, 3.8) is 0 Å². The van der Waals surface area contributed by atoms with Gasteiger partial charge in [0.25, 0.3) is 0 Å². The molecule has 0 aromatic carbocycles. The highest BCUT2D eigenvalue weighted by Crippen LogP contribution is 2.40. The Labute approximate surface area is 224 Å². The molecule has 210 valence electrons. The average molecular weight is 550 g/mol. The zero-order valence-electron chi connectivity index (χ0n) is 22.9. The number of aliphatic carboxylic acids is 2. The SMILES string of the molecule is CCCC(C)(N)OCCC(C)(C)C(=O)NC(CSC1CCC1SCC(NC(C)(C)C)C(=O)O)C(=O)O. The van der Waals surface area contributed by atoms with Crippen molar-refractivity contribution in [3.8, 4) is 0 Å². The highest BCUT2D eigenvalue weighted by Gasteiger charge is 2.36. The number of carboxylic acids is 2. The van der Waals surface area contributed by atoms with Gasteiger partial charge in [-0.05, 0) is 53.4 Å². The summed E-state index contributed by atoms with van der Waals surface area (Å²) in [4.78, 5) is 36.3. The number of carbonyl (C=O) groups excluding carboxylic acids is 1. The molecule has 1 rings (SSSR count). The van der Waals surface area contributed by atoms with Crippen LogP contribution >= 0.6 is 23.5 Å². The van der Waals surface area contributed by atoms with Gasteiger partial charge < -0.3 is 26.0 Å². The van der Waals surface area contributed by atoms with Gasteiger partial charge in [-0.2, -0.15) is 23.5 Å². The van der Waals surface area contributed by atoms with E-state index in [0.29, 0.717) is 25.2 Å². The van der Waals surface area contributed by atoms with Crippen LogP contribution in [0.2, 0.25) is 0 Å². The van der Waals surface area contributed by atoms with E-state index >= 15 is 0 Å². The van der Waals surface area contributed by atoms with Gasteiger partial charge in [0, 0.05) is 39.6 Å². The zero-order chi connectivity index (χ0) is 27.7. The van der Waals surface area contributed by atoms with Crippen LogP contribution < -0.4 is 16.4 Å². The van der Waals surface area contributed by atoms with Gasteiger partial charge in [0.2, 0.25) is 5.91 Å². The highest BCUT2D eigenvalue weighted by atomic mass is 32.2. The number of nitrogens with two attached hydrogens (primary N) is 1. The van der Waals surface area contributed by atoms with E-state index < -0.39 is 35.2 Å². The molecule has 0 radical (unpaired) electrons. The van der Waals surface area contributed by atoms with E-state index in [0.717, 1.165) is 19.3 Å². The number of hydrogen-bond donors (Lipinski definition) is 5. The third-order valence-electron chi connectivity index (χ3n) is 6.13. The lowest BCUT2D eigenvalue weighted by Crippen LogP contribution is -2.50. The Morgan fingerprint density at radius 2 is 1.44 bits per heavy atom. The van der Waals surface area contributed by atoms with Crippen molar-refractivity contribution in [2.75, 3.05) is 18.1 Å². The summed E-state index contributed by atoms with van der Waals surface area (Å²) in [6.45, 7) is 13.5. The molecule has 11 heteroatoms. The third-order valence-corrected chi connectivity index (χ3v) is 9.34. The van der Waals surface area contributed by atoms with Gasteiger partial charge in [0.15, 0.2) is 0 Å². The summed E-state index contributed by atoms with van der Waals surface area (Å²) in [5.41, 5.74) is 4.24. The molecule has 1 amide bonds. The fourth-order valence-electron chi connectivity index (χ4n) is 3.71. The number of nitrogens with one attached hydrogen (secondary N) is 2. The van der Waals surface area contributed by atoms with Crippen LogP contribution in [0.4, 0.5) is 0 Å². The van der Waals surface area contributed by atoms with Crippen molar-refractivity contribution in [2.24, 2.45) is 11.1 Å². The van der Waals surface area contributed by atoms with Gasteiger partial charge in [-0.1, -0.05) is 27.2 Å². The first-order chi connectivity index (χ1) is 16.5. The number of rotatable bonds is 17. The average Bonchev–Trinajstić information content (AvgIpc) is 2.69. The van der Waals surface area contributed by atoms with E-state index in [1.807, 2.05) is 34.6 Å². The number of amides is 1. The van der Waals surface area contributed by atoms with Gasteiger partial charge in [-0.3, -0.25) is 14.9 Å². The Morgan fingerprint density at radius 3 is 1.86 bits per heavy atom. The smallest absolute Gasteiger partial charge is 0.327 e. The molecule has 1 aliphatic carbocycles. The van der Waals surface area contributed by atoms with Crippen LogP contribution in [0.15, 0.2) is 0 Å². The molecule has 0 heterocycles. The van der Waals surface area contributed by atoms with Gasteiger partial charge in [0.05, 0.1) is 0 Å². The molecule has 1 saturated carbocycles. The molecule has 0 aromatic rings. The molecule has 5 unspecified atom stereocenters. The van der Waals surface area contributed by atoms with Crippen LogP contribution in [-0.4, -0.2) is 80.0 Å². The maximum absolute atomic E-state index is 12.9. The minimum atomic E-state index is -1.07. The lowest BCUT2D eigenvalue weighted by atomic mass is 9.88. The first-order valence-corrected chi connectivity index (χ1v) is 14.8.